The van der Waals surface area contributed by atoms with Crippen LogP contribution in [-0.4, -0.2) is 20.7 Å². The summed E-state index contributed by atoms with van der Waals surface area (Å²) in [6, 6.07) is 11.8. The van der Waals surface area contributed by atoms with Crippen molar-refractivity contribution in [1.29, 1.82) is 0 Å². The summed E-state index contributed by atoms with van der Waals surface area (Å²) in [7, 11) is 0. The molecule has 6 nitrogen and oxygen atoms in total. The van der Waals surface area contributed by atoms with Crippen LogP contribution >= 0.6 is 11.3 Å². The van der Waals surface area contributed by atoms with Crippen molar-refractivity contribution in [1.82, 2.24) is 14.8 Å². The van der Waals surface area contributed by atoms with E-state index >= 15 is 0 Å². The molecule has 0 aliphatic carbocycles. The molecule has 0 saturated carbocycles. The molecular weight excluding hydrogens is 396 g/mol. The summed E-state index contributed by atoms with van der Waals surface area (Å²) >= 11 is 1.47. The number of para-hydroxylation sites is 1. The van der Waals surface area contributed by atoms with E-state index in [-0.39, 0.29) is 11.8 Å². The van der Waals surface area contributed by atoms with E-state index in [4.69, 9.17) is 9.40 Å². The van der Waals surface area contributed by atoms with Crippen molar-refractivity contribution >= 4 is 34.0 Å². The zero-order valence-corrected chi connectivity index (χ0v) is 18.3. The Morgan fingerprint density at radius 1 is 1.20 bits per heavy atom. The first-order valence-corrected chi connectivity index (χ1v) is 11.3. The molecule has 1 amide bonds. The number of fused-ring (bicyclic) bond motifs is 1. The fourth-order valence-corrected chi connectivity index (χ4v) is 4.42. The van der Waals surface area contributed by atoms with Crippen molar-refractivity contribution in [3.8, 4) is 16.6 Å². The van der Waals surface area contributed by atoms with Gasteiger partial charge in [-0.3, -0.25) is 4.79 Å². The number of rotatable bonds is 8. The molecule has 0 unspecified atom stereocenters. The Morgan fingerprint density at radius 2 is 1.97 bits per heavy atom. The van der Waals surface area contributed by atoms with E-state index in [0.29, 0.717) is 10.9 Å². The van der Waals surface area contributed by atoms with Gasteiger partial charge >= 0.3 is 0 Å². The Morgan fingerprint density at radius 3 is 2.70 bits per heavy atom. The summed E-state index contributed by atoms with van der Waals surface area (Å²) in [5, 5.41) is 11.3. The molecule has 4 aromatic rings. The van der Waals surface area contributed by atoms with Gasteiger partial charge in [0.15, 0.2) is 5.76 Å². The molecule has 0 aliphatic rings. The number of carbonyl (C=O) groups excluding carboxylic acids is 1. The predicted molar refractivity (Wildman–Crippen MR) is 121 cm³/mol. The number of amides is 1. The quantitative estimate of drug-likeness (QED) is 0.367. The normalized spacial score (nSPS) is 11.5. The molecule has 0 radical (unpaired) electrons. The van der Waals surface area contributed by atoms with Crippen LogP contribution in [0.1, 0.15) is 45.2 Å². The molecule has 0 bridgehead atoms. The number of nitrogens with one attached hydrogen (secondary N) is 1. The summed E-state index contributed by atoms with van der Waals surface area (Å²) < 4.78 is 7.64. The van der Waals surface area contributed by atoms with Crippen molar-refractivity contribution < 1.29 is 9.21 Å². The van der Waals surface area contributed by atoms with Crippen LogP contribution in [0.25, 0.3) is 27.6 Å². The second-order valence-corrected chi connectivity index (χ2v) is 8.35. The van der Waals surface area contributed by atoms with Gasteiger partial charge in [0, 0.05) is 22.8 Å². The highest BCUT2D eigenvalue weighted by Crippen LogP contribution is 2.31. The minimum Gasteiger partial charge on any atom is -0.454 e. The van der Waals surface area contributed by atoms with Gasteiger partial charge in [-0.2, -0.15) is 9.78 Å². The summed E-state index contributed by atoms with van der Waals surface area (Å²) in [4.78, 5) is 17.5. The van der Waals surface area contributed by atoms with Crippen molar-refractivity contribution in [2.24, 2.45) is 5.92 Å². The van der Waals surface area contributed by atoms with Gasteiger partial charge in [-0.05, 0) is 31.9 Å². The largest absolute Gasteiger partial charge is 0.454 e. The number of thiazole rings is 1. The molecule has 0 spiro atoms. The lowest BCUT2D eigenvalue weighted by Gasteiger charge is -2.15. The van der Waals surface area contributed by atoms with Gasteiger partial charge < -0.3 is 9.73 Å². The average molecular weight is 423 g/mol. The van der Waals surface area contributed by atoms with Gasteiger partial charge in [0.25, 0.3) is 0 Å². The monoisotopic (exact) mass is 422 g/mol. The lowest BCUT2D eigenvalue weighted by atomic mass is 9.97. The molecule has 156 valence electrons. The highest BCUT2D eigenvalue weighted by Gasteiger charge is 2.20. The van der Waals surface area contributed by atoms with E-state index in [0.717, 1.165) is 53.8 Å². The highest BCUT2D eigenvalue weighted by molar-refractivity contribution is 7.12. The standard InChI is InChI=1S/C23H26N4O2S/c1-4-8-16(9-5-2)22(28)25-21-12-15(3)26-27(21)23-24-18(14-30-23)20-13-17-10-6-7-11-19(17)29-20/h6-7,10-14,16H,4-5,8-9H2,1-3H3,(H,25,28). The van der Waals surface area contributed by atoms with Crippen LogP contribution < -0.4 is 5.32 Å². The van der Waals surface area contributed by atoms with Gasteiger partial charge in [0.05, 0.1) is 5.69 Å². The Kier molecular flexibility index (Phi) is 5.99. The molecule has 4 rings (SSSR count). The van der Waals surface area contributed by atoms with Crippen molar-refractivity contribution in [2.45, 2.75) is 46.5 Å². The fourth-order valence-electron chi connectivity index (χ4n) is 3.65. The number of aromatic nitrogens is 3. The predicted octanol–water partition coefficient (Wildman–Crippen LogP) is 6.21. The van der Waals surface area contributed by atoms with E-state index in [9.17, 15) is 4.79 Å². The molecule has 3 aromatic heterocycles. The molecule has 0 fully saturated rings. The van der Waals surface area contributed by atoms with Crippen LogP contribution in [0, 0.1) is 12.8 Å². The number of carbonyl (C=O) groups is 1. The van der Waals surface area contributed by atoms with E-state index in [1.807, 2.05) is 48.7 Å². The number of nitrogens with zero attached hydrogens (tertiary/aromatic N) is 3. The van der Waals surface area contributed by atoms with Crippen LogP contribution in [0.3, 0.4) is 0 Å². The summed E-state index contributed by atoms with van der Waals surface area (Å²) in [6.45, 7) is 6.13. The third-order valence-electron chi connectivity index (χ3n) is 5.08. The maximum atomic E-state index is 12.8. The van der Waals surface area contributed by atoms with Gasteiger partial charge in [-0.25, -0.2) is 4.98 Å². The molecular formula is C23H26N4O2S. The minimum absolute atomic E-state index is 0.0195. The summed E-state index contributed by atoms with van der Waals surface area (Å²) in [6.07, 6.45) is 3.76. The molecule has 0 saturated heterocycles. The van der Waals surface area contributed by atoms with Crippen LogP contribution in [0.15, 0.2) is 46.2 Å². The van der Waals surface area contributed by atoms with Crippen LogP contribution in [0.2, 0.25) is 0 Å². The van der Waals surface area contributed by atoms with Crippen molar-refractivity contribution in [3.05, 3.63) is 47.5 Å². The van der Waals surface area contributed by atoms with Gasteiger partial charge in [0.1, 0.15) is 17.1 Å². The van der Waals surface area contributed by atoms with Gasteiger partial charge in [-0.1, -0.05) is 44.9 Å². The summed E-state index contributed by atoms with van der Waals surface area (Å²) in [5.41, 5.74) is 2.42. The maximum Gasteiger partial charge on any atom is 0.228 e. The third kappa shape index (κ3) is 4.16. The van der Waals surface area contributed by atoms with E-state index < -0.39 is 0 Å². The maximum absolute atomic E-state index is 12.8. The lowest BCUT2D eigenvalue weighted by molar-refractivity contribution is -0.120. The zero-order chi connectivity index (χ0) is 21.1. The minimum atomic E-state index is 0.0195. The zero-order valence-electron chi connectivity index (χ0n) is 17.5. The highest BCUT2D eigenvalue weighted by atomic mass is 32.1. The molecule has 1 aromatic carbocycles. The first-order valence-electron chi connectivity index (χ1n) is 10.4. The van der Waals surface area contributed by atoms with E-state index in [1.165, 1.54) is 11.3 Å². The van der Waals surface area contributed by atoms with Crippen LogP contribution in [0.5, 0.6) is 0 Å². The SMILES string of the molecule is CCCC(CCC)C(=O)Nc1cc(C)nn1-c1nc(-c2cc3ccccc3o2)cs1. The Bertz CT molecular complexity index is 1120. The number of benzene rings is 1. The Hall–Kier alpha value is -2.93. The lowest BCUT2D eigenvalue weighted by Crippen LogP contribution is -2.24. The number of hydrogen-bond donors (Lipinski definition) is 1. The molecule has 1 N–H and O–H groups in total. The van der Waals surface area contributed by atoms with Gasteiger partial charge in [0.2, 0.25) is 11.0 Å². The second-order valence-electron chi connectivity index (χ2n) is 7.51. The fraction of sp³-hybridized carbons (Fsp3) is 0.348. The number of furan rings is 1. The second kappa shape index (κ2) is 8.83. The smallest absolute Gasteiger partial charge is 0.228 e. The van der Waals surface area contributed by atoms with E-state index in [2.05, 4.69) is 24.3 Å². The number of aryl methyl sites for hydroxylation is 1. The molecule has 3 heterocycles. The number of hydrogen-bond acceptors (Lipinski definition) is 5. The molecule has 7 heteroatoms. The topological polar surface area (TPSA) is 73.0 Å². The number of anilines is 1. The van der Waals surface area contributed by atoms with Crippen molar-refractivity contribution in [3.63, 3.8) is 0 Å². The van der Waals surface area contributed by atoms with Crippen LogP contribution in [-0.2, 0) is 4.79 Å². The Labute approximate surface area is 179 Å². The molecule has 0 atom stereocenters. The third-order valence-corrected chi connectivity index (χ3v) is 5.90. The first kappa shape index (κ1) is 20.3. The first-order chi connectivity index (χ1) is 14.6. The van der Waals surface area contributed by atoms with Gasteiger partial charge in [-0.15, -0.1) is 11.3 Å². The molecule has 0 aliphatic heterocycles. The Balaban J connectivity index is 1.60. The summed E-state index contributed by atoms with van der Waals surface area (Å²) in [5.74, 6) is 1.44. The average Bonchev–Trinajstić information content (AvgIpc) is 3.45. The van der Waals surface area contributed by atoms with Crippen LogP contribution in [0.4, 0.5) is 5.82 Å². The molecule has 30 heavy (non-hydrogen) atoms. The van der Waals surface area contributed by atoms with E-state index in [1.54, 1.807) is 4.68 Å². The van der Waals surface area contributed by atoms with Crippen molar-refractivity contribution in [2.75, 3.05) is 5.32 Å².